The third-order valence-corrected chi connectivity index (χ3v) is 3.76. The number of Topliss-reactive ketones (excluding diaryl/α,β-unsaturated/α-hetero) is 1. The van der Waals surface area contributed by atoms with Crippen LogP contribution in [-0.4, -0.2) is 31.3 Å². The van der Waals surface area contributed by atoms with Crippen molar-refractivity contribution in [2.75, 3.05) is 24.5 Å². The number of nitrogens with one attached hydrogen (secondary N) is 1. The van der Waals surface area contributed by atoms with Crippen LogP contribution in [0.4, 0.5) is 5.69 Å². The Morgan fingerprint density at radius 3 is 2.86 bits per heavy atom. The number of carbonyl (C=O) groups excluding carboxylic acids is 2. The molecule has 0 fully saturated rings. The number of rotatable bonds is 5. The lowest BCUT2D eigenvalue weighted by Crippen LogP contribution is -2.38. The van der Waals surface area contributed by atoms with Crippen LogP contribution >= 0.6 is 0 Å². The van der Waals surface area contributed by atoms with Crippen LogP contribution in [0.2, 0.25) is 0 Å². The van der Waals surface area contributed by atoms with Gasteiger partial charge in [-0.05, 0) is 30.9 Å². The molecule has 21 heavy (non-hydrogen) atoms. The van der Waals surface area contributed by atoms with Crippen LogP contribution in [-0.2, 0) is 4.79 Å². The number of fused-ring (bicyclic) bond motifs is 1. The Balaban J connectivity index is 2.01. The summed E-state index contributed by atoms with van der Waals surface area (Å²) in [6.45, 7) is 6.07. The third kappa shape index (κ3) is 4.31. The fraction of sp³-hybridized carbons (Fsp3) is 0.529. The molecule has 1 N–H and O–H groups in total. The third-order valence-electron chi connectivity index (χ3n) is 3.76. The Labute approximate surface area is 126 Å². The van der Waals surface area contributed by atoms with Crippen molar-refractivity contribution in [1.29, 1.82) is 0 Å². The summed E-state index contributed by atoms with van der Waals surface area (Å²) in [7, 11) is 0. The maximum absolute atomic E-state index is 12.1. The number of hydrogen-bond donors (Lipinski definition) is 1. The molecule has 0 aliphatic carbocycles. The van der Waals surface area contributed by atoms with Crippen molar-refractivity contribution in [3.05, 3.63) is 29.8 Å². The summed E-state index contributed by atoms with van der Waals surface area (Å²) in [4.78, 5) is 26.1. The van der Waals surface area contributed by atoms with Crippen molar-refractivity contribution >= 4 is 17.4 Å². The minimum atomic E-state index is 0.0276. The van der Waals surface area contributed by atoms with E-state index in [1.54, 1.807) is 0 Å². The van der Waals surface area contributed by atoms with Gasteiger partial charge in [0.05, 0.1) is 6.54 Å². The largest absolute Gasteiger partial charge is 0.362 e. The number of amides is 1. The molecule has 1 aromatic carbocycles. The molecule has 0 unspecified atom stereocenters. The molecule has 0 aromatic heterocycles. The average molecular weight is 288 g/mol. The summed E-state index contributed by atoms with van der Waals surface area (Å²) < 4.78 is 0. The highest BCUT2D eigenvalue weighted by Crippen LogP contribution is 2.25. The van der Waals surface area contributed by atoms with Crippen molar-refractivity contribution < 1.29 is 9.59 Å². The van der Waals surface area contributed by atoms with Crippen molar-refractivity contribution in [3.8, 4) is 0 Å². The van der Waals surface area contributed by atoms with Gasteiger partial charge in [0.1, 0.15) is 0 Å². The van der Waals surface area contributed by atoms with Gasteiger partial charge < -0.3 is 10.2 Å². The van der Waals surface area contributed by atoms with Gasteiger partial charge in [0.15, 0.2) is 5.78 Å². The zero-order valence-corrected chi connectivity index (χ0v) is 12.9. The maximum Gasteiger partial charge on any atom is 0.239 e. The number of ketones is 1. The Morgan fingerprint density at radius 1 is 1.33 bits per heavy atom. The molecular weight excluding hydrogens is 264 g/mol. The van der Waals surface area contributed by atoms with Gasteiger partial charge in [-0.15, -0.1) is 0 Å². The van der Waals surface area contributed by atoms with E-state index in [2.05, 4.69) is 19.2 Å². The van der Waals surface area contributed by atoms with Crippen LogP contribution in [0.1, 0.15) is 43.5 Å². The zero-order chi connectivity index (χ0) is 15.2. The summed E-state index contributed by atoms with van der Waals surface area (Å²) in [6, 6.07) is 7.58. The monoisotopic (exact) mass is 288 g/mol. The van der Waals surface area contributed by atoms with Gasteiger partial charge in [0, 0.05) is 30.8 Å². The van der Waals surface area contributed by atoms with Crippen LogP contribution in [0.15, 0.2) is 24.3 Å². The van der Waals surface area contributed by atoms with Gasteiger partial charge in [-0.25, -0.2) is 0 Å². The van der Waals surface area contributed by atoms with E-state index < -0.39 is 0 Å². The van der Waals surface area contributed by atoms with Crippen molar-refractivity contribution in [2.45, 2.75) is 33.1 Å². The van der Waals surface area contributed by atoms with Gasteiger partial charge in [0.25, 0.3) is 0 Å². The van der Waals surface area contributed by atoms with E-state index in [0.29, 0.717) is 25.4 Å². The van der Waals surface area contributed by atoms with E-state index in [1.807, 2.05) is 29.2 Å². The number of hydrogen-bond acceptors (Lipinski definition) is 3. The highest BCUT2D eigenvalue weighted by atomic mass is 16.2. The van der Waals surface area contributed by atoms with Gasteiger partial charge in [-0.2, -0.15) is 0 Å². The molecule has 1 amide bonds. The second-order valence-electron chi connectivity index (χ2n) is 6.00. The van der Waals surface area contributed by atoms with Crippen molar-refractivity contribution in [2.24, 2.45) is 5.92 Å². The van der Waals surface area contributed by atoms with Gasteiger partial charge in [-0.1, -0.05) is 26.0 Å². The molecule has 4 nitrogen and oxygen atoms in total. The van der Waals surface area contributed by atoms with Crippen LogP contribution in [0, 0.1) is 5.92 Å². The summed E-state index contributed by atoms with van der Waals surface area (Å²) in [5, 5.41) is 2.96. The van der Waals surface area contributed by atoms with E-state index >= 15 is 0 Å². The van der Waals surface area contributed by atoms with Crippen molar-refractivity contribution in [3.63, 3.8) is 0 Å². The topological polar surface area (TPSA) is 49.4 Å². The zero-order valence-electron chi connectivity index (χ0n) is 12.9. The maximum atomic E-state index is 12.1. The summed E-state index contributed by atoms with van der Waals surface area (Å²) in [6.07, 6.45) is 2.34. The first-order valence-electron chi connectivity index (χ1n) is 7.72. The lowest BCUT2D eigenvalue weighted by molar-refractivity contribution is -0.119. The van der Waals surface area contributed by atoms with E-state index in [1.165, 1.54) is 0 Å². The molecule has 0 atom stereocenters. The van der Waals surface area contributed by atoms with Gasteiger partial charge in [0.2, 0.25) is 5.91 Å². The molecule has 4 heteroatoms. The summed E-state index contributed by atoms with van der Waals surface area (Å²) in [5.41, 5.74) is 1.63. The molecule has 2 rings (SSSR count). The molecular formula is C17H24N2O2. The van der Waals surface area contributed by atoms with Crippen LogP contribution < -0.4 is 10.2 Å². The lowest BCUT2D eigenvalue weighted by Gasteiger charge is -2.23. The molecule has 1 heterocycles. The number of benzene rings is 1. The quantitative estimate of drug-likeness (QED) is 0.906. The van der Waals surface area contributed by atoms with Crippen LogP contribution in [0.25, 0.3) is 0 Å². The van der Waals surface area contributed by atoms with Gasteiger partial charge >= 0.3 is 0 Å². The highest BCUT2D eigenvalue weighted by Gasteiger charge is 2.21. The van der Waals surface area contributed by atoms with E-state index in [0.717, 1.165) is 30.6 Å². The molecule has 0 bridgehead atoms. The number of anilines is 1. The lowest BCUT2D eigenvalue weighted by atomic mass is 10.1. The Hall–Kier alpha value is -1.84. The SMILES string of the molecule is CC(C)CCNC(=O)CN1CCCC(=O)c2ccccc21. The molecule has 1 aliphatic heterocycles. The predicted octanol–water partition coefficient (Wildman–Crippen LogP) is 2.63. The predicted molar refractivity (Wildman–Crippen MR) is 84.7 cm³/mol. The normalized spacial score (nSPS) is 14.8. The first-order chi connectivity index (χ1) is 10.1. The molecule has 0 radical (unpaired) electrons. The van der Waals surface area contributed by atoms with Crippen molar-refractivity contribution in [1.82, 2.24) is 5.32 Å². The molecule has 1 aliphatic rings. The number of nitrogens with zero attached hydrogens (tertiary/aromatic N) is 1. The smallest absolute Gasteiger partial charge is 0.239 e. The fourth-order valence-corrected chi connectivity index (χ4v) is 2.56. The second kappa shape index (κ2) is 7.25. The van der Waals surface area contributed by atoms with E-state index in [-0.39, 0.29) is 11.7 Å². The molecule has 0 saturated heterocycles. The van der Waals surface area contributed by atoms with Crippen LogP contribution in [0.5, 0.6) is 0 Å². The highest BCUT2D eigenvalue weighted by molar-refractivity contribution is 6.02. The Morgan fingerprint density at radius 2 is 2.10 bits per heavy atom. The van der Waals surface area contributed by atoms with Gasteiger partial charge in [-0.3, -0.25) is 9.59 Å². The first kappa shape index (κ1) is 15.5. The minimum absolute atomic E-state index is 0.0276. The summed E-state index contributed by atoms with van der Waals surface area (Å²) in [5.74, 6) is 0.787. The number of para-hydroxylation sites is 1. The minimum Gasteiger partial charge on any atom is -0.362 e. The van der Waals surface area contributed by atoms with E-state index in [9.17, 15) is 9.59 Å². The van der Waals surface area contributed by atoms with Crippen LogP contribution in [0.3, 0.4) is 0 Å². The molecule has 0 saturated carbocycles. The summed E-state index contributed by atoms with van der Waals surface area (Å²) >= 11 is 0. The average Bonchev–Trinajstić information content (AvgIpc) is 2.59. The first-order valence-corrected chi connectivity index (χ1v) is 7.72. The Bertz CT molecular complexity index is 511. The molecule has 1 aromatic rings. The second-order valence-corrected chi connectivity index (χ2v) is 6.00. The molecule has 114 valence electrons. The standard InChI is InChI=1S/C17H24N2O2/c1-13(2)9-10-18-17(21)12-19-11-5-8-16(20)14-6-3-4-7-15(14)19/h3-4,6-7,13H,5,8-12H2,1-2H3,(H,18,21). The molecule has 0 spiro atoms. The Kier molecular flexibility index (Phi) is 5.37. The fourth-order valence-electron chi connectivity index (χ4n) is 2.56. The number of carbonyl (C=O) groups is 2. The van der Waals surface area contributed by atoms with E-state index in [4.69, 9.17) is 0 Å².